The zero-order valence-electron chi connectivity index (χ0n) is 40.9. The third-order valence-corrected chi connectivity index (χ3v) is 12.2. The Labute approximate surface area is 380 Å². The standard InChI is InChI=1S/C56H104O5/c1-3-5-7-9-11-13-15-17-19-21-23-25-26-27-28-29-31-32-34-36-38-40-42-44-46-48-50-55(58)60-53-54(52-57)61-56(59)51-49-47-45-43-41-39-37-35-33-30-24-22-20-18-16-14-12-10-8-6-4-2/h16,18,22,24,33,35,54,57H,3-15,17,19-21,23,25-32,34,36-53H2,1-2H3/b18-16-,24-22-,35-33-. The molecule has 5 nitrogen and oxygen atoms in total. The molecular formula is C56H104O5. The number of unbranched alkanes of at least 4 members (excludes halogenated alkanes) is 36. The molecule has 0 aromatic heterocycles. The Bertz CT molecular complexity index is 970. The number of rotatable bonds is 50. The number of aliphatic hydroxyl groups excluding tert-OH is 1. The summed E-state index contributed by atoms with van der Waals surface area (Å²) in [5.41, 5.74) is 0. The minimum Gasteiger partial charge on any atom is -0.462 e. The molecule has 1 N–H and O–H groups in total. The van der Waals surface area contributed by atoms with Gasteiger partial charge in [0.1, 0.15) is 6.61 Å². The highest BCUT2D eigenvalue weighted by molar-refractivity contribution is 5.70. The van der Waals surface area contributed by atoms with Crippen LogP contribution >= 0.6 is 0 Å². The molecule has 0 saturated heterocycles. The smallest absolute Gasteiger partial charge is 0.306 e. The van der Waals surface area contributed by atoms with E-state index in [0.717, 1.165) is 57.8 Å². The lowest BCUT2D eigenvalue weighted by molar-refractivity contribution is -0.161. The summed E-state index contributed by atoms with van der Waals surface area (Å²) < 4.78 is 10.7. The van der Waals surface area contributed by atoms with Gasteiger partial charge in [-0.3, -0.25) is 9.59 Å². The molecule has 5 heteroatoms. The lowest BCUT2D eigenvalue weighted by atomic mass is 10.0. The Morgan fingerprint density at radius 2 is 0.656 bits per heavy atom. The van der Waals surface area contributed by atoms with Gasteiger partial charge in [-0.2, -0.15) is 0 Å². The highest BCUT2D eigenvalue weighted by Crippen LogP contribution is 2.17. The van der Waals surface area contributed by atoms with Gasteiger partial charge in [0.15, 0.2) is 6.10 Å². The van der Waals surface area contributed by atoms with Crippen LogP contribution in [0.2, 0.25) is 0 Å². The fourth-order valence-electron chi connectivity index (χ4n) is 8.09. The van der Waals surface area contributed by atoms with Gasteiger partial charge in [-0.05, 0) is 51.4 Å². The molecule has 61 heavy (non-hydrogen) atoms. The van der Waals surface area contributed by atoms with Crippen LogP contribution in [0, 0.1) is 0 Å². The summed E-state index contributed by atoms with van der Waals surface area (Å²) in [5, 5.41) is 9.63. The van der Waals surface area contributed by atoms with Crippen molar-refractivity contribution < 1.29 is 24.2 Å². The van der Waals surface area contributed by atoms with Gasteiger partial charge < -0.3 is 14.6 Å². The number of carbonyl (C=O) groups is 2. The van der Waals surface area contributed by atoms with Crippen LogP contribution in [0.1, 0.15) is 290 Å². The number of carbonyl (C=O) groups excluding carboxylic acids is 2. The first kappa shape index (κ1) is 59.1. The van der Waals surface area contributed by atoms with E-state index in [4.69, 9.17) is 9.47 Å². The number of ether oxygens (including phenoxy) is 2. The molecule has 1 atom stereocenters. The van der Waals surface area contributed by atoms with Crippen LogP contribution in [0.3, 0.4) is 0 Å². The summed E-state index contributed by atoms with van der Waals surface area (Å²) >= 11 is 0. The Hall–Kier alpha value is -1.88. The Kier molecular flexibility index (Phi) is 50.8. The molecule has 0 fully saturated rings. The van der Waals surface area contributed by atoms with Crippen LogP contribution in [-0.2, 0) is 19.1 Å². The van der Waals surface area contributed by atoms with E-state index in [0.29, 0.717) is 12.8 Å². The van der Waals surface area contributed by atoms with Crippen molar-refractivity contribution in [2.75, 3.05) is 13.2 Å². The second-order valence-electron chi connectivity index (χ2n) is 18.3. The number of hydrogen-bond acceptors (Lipinski definition) is 5. The molecule has 0 bridgehead atoms. The molecule has 0 heterocycles. The van der Waals surface area contributed by atoms with Crippen molar-refractivity contribution in [3.05, 3.63) is 36.5 Å². The quantitative estimate of drug-likeness (QED) is 0.0375. The summed E-state index contributed by atoms with van der Waals surface area (Å²) in [6.45, 7) is 4.16. The van der Waals surface area contributed by atoms with Gasteiger partial charge in [0.2, 0.25) is 0 Å². The van der Waals surface area contributed by atoms with Crippen LogP contribution in [0.15, 0.2) is 36.5 Å². The normalized spacial score (nSPS) is 12.4. The van der Waals surface area contributed by atoms with Gasteiger partial charge in [0, 0.05) is 12.8 Å². The molecule has 0 amide bonds. The van der Waals surface area contributed by atoms with Gasteiger partial charge in [0.25, 0.3) is 0 Å². The van der Waals surface area contributed by atoms with Crippen molar-refractivity contribution in [2.45, 2.75) is 296 Å². The van der Waals surface area contributed by atoms with E-state index in [1.165, 1.54) is 205 Å². The SMILES string of the molecule is CCCCCCC/C=C\C/C=C\C/C=C\CCCCCCCCC(=O)OC(CO)COC(=O)CCCCCCCCCCCCCCCCCCCCCCCCCCCC. The number of aliphatic hydroxyl groups is 1. The average molecular weight is 857 g/mol. The van der Waals surface area contributed by atoms with E-state index in [-0.39, 0.29) is 25.2 Å². The van der Waals surface area contributed by atoms with Gasteiger partial charge in [-0.15, -0.1) is 0 Å². The van der Waals surface area contributed by atoms with E-state index < -0.39 is 6.10 Å². The monoisotopic (exact) mass is 857 g/mol. The minimum atomic E-state index is -0.777. The van der Waals surface area contributed by atoms with Crippen LogP contribution in [-0.4, -0.2) is 36.4 Å². The van der Waals surface area contributed by atoms with E-state index in [2.05, 4.69) is 50.3 Å². The van der Waals surface area contributed by atoms with Crippen molar-refractivity contribution in [1.82, 2.24) is 0 Å². The lowest BCUT2D eigenvalue weighted by Crippen LogP contribution is -2.28. The minimum absolute atomic E-state index is 0.0675. The molecule has 0 aromatic rings. The predicted octanol–water partition coefficient (Wildman–Crippen LogP) is 17.9. The Morgan fingerprint density at radius 3 is 0.984 bits per heavy atom. The van der Waals surface area contributed by atoms with E-state index in [1.54, 1.807) is 0 Å². The van der Waals surface area contributed by atoms with E-state index >= 15 is 0 Å². The number of esters is 2. The Balaban J connectivity index is 3.47. The van der Waals surface area contributed by atoms with Crippen LogP contribution in [0.5, 0.6) is 0 Å². The van der Waals surface area contributed by atoms with Crippen LogP contribution in [0.4, 0.5) is 0 Å². The molecule has 0 aliphatic heterocycles. The molecule has 358 valence electrons. The first-order valence-corrected chi connectivity index (χ1v) is 27.0. The second-order valence-corrected chi connectivity index (χ2v) is 18.3. The first-order valence-electron chi connectivity index (χ1n) is 27.0. The van der Waals surface area contributed by atoms with Crippen LogP contribution in [0.25, 0.3) is 0 Å². The molecule has 0 radical (unpaired) electrons. The molecule has 0 saturated carbocycles. The van der Waals surface area contributed by atoms with Gasteiger partial charge >= 0.3 is 11.9 Å². The molecule has 0 spiro atoms. The van der Waals surface area contributed by atoms with Crippen molar-refractivity contribution in [3.8, 4) is 0 Å². The summed E-state index contributed by atoms with van der Waals surface area (Å²) in [6, 6.07) is 0. The zero-order chi connectivity index (χ0) is 44.2. The van der Waals surface area contributed by atoms with Crippen molar-refractivity contribution in [1.29, 1.82) is 0 Å². The largest absolute Gasteiger partial charge is 0.462 e. The average Bonchev–Trinajstić information content (AvgIpc) is 3.26. The van der Waals surface area contributed by atoms with E-state index in [9.17, 15) is 14.7 Å². The fraction of sp³-hybridized carbons (Fsp3) is 0.857. The maximum Gasteiger partial charge on any atom is 0.306 e. The molecule has 0 aromatic carbocycles. The summed E-state index contributed by atoms with van der Waals surface area (Å²) in [6.07, 6.45) is 66.8. The first-order chi connectivity index (χ1) is 30.1. The highest BCUT2D eigenvalue weighted by atomic mass is 16.6. The second kappa shape index (κ2) is 52.5. The van der Waals surface area contributed by atoms with E-state index in [1.807, 2.05) is 0 Å². The molecular weight excluding hydrogens is 753 g/mol. The highest BCUT2D eigenvalue weighted by Gasteiger charge is 2.16. The molecule has 1 unspecified atom stereocenters. The number of allylic oxidation sites excluding steroid dienone is 6. The third kappa shape index (κ3) is 50.6. The summed E-state index contributed by atoms with van der Waals surface area (Å²) in [4.78, 5) is 24.5. The summed E-state index contributed by atoms with van der Waals surface area (Å²) in [7, 11) is 0. The van der Waals surface area contributed by atoms with Crippen molar-refractivity contribution >= 4 is 11.9 Å². The zero-order valence-corrected chi connectivity index (χ0v) is 40.9. The van der Waals surface area contributed by atoms with Crippen molar-refractivity contribution in [3.63, 3.8) is 0 Å². The summed E-state index contributed by atoms with van der Waals surface area (Å²) in [5.74, 6) is -0.591. The molecule has 0 rings (SSSR count). The maximum atomic E-state index is 12.3. The molecule has 0 aliphatic rings. The number of hydrogen-bond donors (Lipinski definition) is 1. The van der Waals surface area contributed by atoms with Gasteiger partial charge in [-0.25, -0.2) is 0 Å². The van der Waals surface area contributed by atoms with Crippen molar-refractivity contribution in [2.24, 2.45) is 0 Å². The Morgan fingerprint density at radius 1 is 0.377 bits per heavy atom. The maximum absolute atomic E-state index is 12.3. The topological polar surface area (TPSA) is 72.8 Å². The predicted molar refractivity (Wildman–Crippen MR) is 265 cm³/mol. The third-order valence-electron chi connectivity index (χ3n) is 12.2. The molecule has 0 aliphatic carbocycles. The van der Waals surface area contributed by atoms with Gasteiger partial charge in [-0.1, -0.05) is 262 Å². The fourth-order valence-corrected chi connectivity index (χ4v) is 8.09. The van der Waals surface area contributed by atoms with Crippen LogP contribution < -0.4 is 0 Å². The van der Waals surface area contributed by atoms with Gasteiger partial charge in [0.05, 0.1) is 6.61 Å². The lowest BCUT2D eigenvalue weighted by Gasteiger charge is -2.15.